The highest BCUT2D eigenvalue weighted by atomic mass is 35.5. The lowest BCUT2D eigenvalue weighted by molar-refractivity contribution is -0.127. The van der Waals surface area contributed by atoms with Gasteiger partial charge in [0, 0.05) is 29.9 Å². The van der Waals surface area contributed by atoms with Gasteiger partial charge in [0.05, 0.1) is 17.4 Å². The Balaban J connectivity index is 2.25. The minimum Gasteiger partial charge on any atom is -0.491 e. The minimum atomic E-state index is 0.167. The lowest BCUT2D eigenvalue weighted by Gasteiger charge is -2.18. The third-order valence-corrected chi connectivity index (χ3v) is 4.17. The van der Waals surface area contributed by atoms with Crippen molar-refractivity contribution in [3.8, 4) is 5.75 Å². The van der Waals surface area contributed by atoms with Crippen LogP contribution in [0.25, 0.3) is 0 Å². The van der Waals surface area contributed by atoms with E-state index in [1.54, 1.807) is 30.0 Å². The first-order chi connectivity index (χ1) is 9.58. The lowest BCUT2D eigenvalue weighted by atomic mass is 10.3. The van der Waals surface area contributed by atoms with E-state index in [1.165, 1.54) is 0 Å². The van der Waals surface area contributed by atoms with Gasteiger partial charge in [-0.05, 0) is 26.0 Å². The van der Waals surface area contributed by atoms with Gasteiger partial charge in [-0.3, -0.25) is 4.79 Å². The van der Waals surface area contributed by atoms with Crippen molar-refractivity contribution in [2.75, 3.05) is 31.2 Å². The van der Waals surface area contributed by atoms with Crippen LogP contribution in [0.1, 0.15) is 13.8 Å². The number of carbonyl (C=O) groups is 1. The Labute approximate surface area is 134 Å². The van der Waals surface area contributed by atoms with E-state index in [1.807, 2.05) is 18.7 Å². The van der Waals surface area contributed by atoms with Crippen LogP contribution in [0.3, 0.4) is 0 Å². The van der Waals surface area contributed by atoms with Crippen molar-refractivity contribution < 1.29 is 9.53 Å². The summed E-state index contributed by atoms with van der Waals surface area (Å²) in [5.74, 6) is 1.96. The number of hydrogen-bond acceptors (Lipinski definition) is 3. The van der Waals surface area contributed by atoms with Crippen LogP contribution in [0.15, 0.2) is 18.2 Å². The van der Waals surface area contributed by atoms with Gasteiger partial charge in [0.2, 0.25) is 5.91 Å². The standard InChI is InChI=1S/C14H19Cl2NO2S/c1-3-17(4-2)14(18)10-20-8-7-19-13-9-11(15)5-6-12(13)16/h5-6,9H,3-4,7-8,10H2,1-2H3. The molecule has 0 aromatic heterocycles. The average Bonchev–Trinajstić information content (AvgIpc) is 2.43. The second-order valence-electron chi connectivity index (χ2n) is 4.04. The summed E-state index contributed by atoms with van der Waals surface area (Å²) in [6.07, 6.45) is 0. The number of benzene rings is 1. The highest BCUT2D eigenvalue weighted by Crippen LogP contribution is 2.27. The fourth-order valence-electron chi connectivity index (χ4n) is 1.63. The molecule has 0 spiro atoms. The molecule has 112 valence electrons. The van der Waals surface area contributed by atoms with E-state index in [9.17, 15) is 4.79 Å². The van der Waals surface area contributed by atoms with E-state index in [0.717, 1.165) is 18.8 Å². The monoisotopic (exact) mass is 335 g/mol. The van der Waals surface area contributed by atoms with Gasteiger partial charge < -0.3 is 9.64 Å². The summed E-state index contributed by atoms with van der Waals surface area (Å²) in [6, 6.07) is 5.11. The highest BCUT2D eigenvalue weighted by Gasteiger charge is 2.09. The third-order valence-electron chi connectivity index (χ3n) is 2.72. The van der Waals surface area contributed by atoms with Crippen LogP contribution in [0, 0.1) is 0 Å². The fourth-order valence-corrected chi connectivity index (χ4v) is 2.66. The Kier molecular flexibility index (Phi) is 8.19. The van der Waals surface area contributed by atoms with Gasteiger partial charge in [-0.15, -0.1) is 11.8 Å². The quantitative estimate of drug-likeness (QED) is 0.673. The largest absolute Gasteiger partial charge is 0.491 e. The fraction of sp³-hybridized carbons (Fsp3) is 0.500. The number of ether oxygens (including phenoxy) is 1. The van der Waals surface area contributed by atoms with Gasteiger partial charge in [0.25, 0.3) is 0 Å². The predicted molar refractivity (Wildman–Crippen MR) is 87.2 cm³/mol. The van der Waals surface area contributed by atoms with Gasteiger partial charge in [0.1, 0.15) is 5.75 Å². The molecule has 0 saturated carbocycles. The van der Waals surface area contributed by atoms with Crippen LogP contribution in [0.2, 0.25) is 10.0 Å². The molecule has 0 aliphatic rings. The number of amides is 1. The third kappa shape index (κ3) is 5.81. The molecule has 0 fully saturated rings. The molecule has 1 aromatic rings. The molecule has 6 heteroatoms. The molecule has 0 aliphatic heterocycles. The molecule has 0 radical (unpaired) electrons. The Morgan fingerprint density at radius 1 is 1.30 bits per heavy atom. The minimum absolute atomic E-state index is 0.167. The number of carbonyl (C=O) groups excluding carboxylic acids is 1. The maximum atomic E-state index is 11.8. The number of halogens is 2. The molecule has 0 heterocycles. The Morgan fingerprint density at radius 3 is 2.65 bits per heavy atom. The van der Waals surface area contributed by atoms with Crippen molar-refractivity contribution >= 4 is 40.9 Å². The molecular formula is C14H19Cl2NO2S. The van der Waals surface area contributed by atoms with Crippen molar-refractivity contribution in [3.05, 3.63) is 28.2 Å². The Morgan fingerprint density at radius 2 is 2.00 bits per heavy atom. The first-order valence-electron chi connectivity index (χ1n) is 6.51. The van der Waals surface area contributed by atoms with Crippen LogP contribution in [0.5, 0.6) is 5.75 Å². The lowest BCUT2D eigenvalue weighted by Crippen LogP contribution is -2.32. The summed E-state index contributed by atoms with van der Waals surface area (Å²) >= 11 is 13.4. The molecule has 1 aromatic carbocycles. The first-order valence-corrected chi connectivity index (χ1v) is 8.42. The van der Waals surface area contributed by atoms with Gasteiger partial charge in [-0.1, -0.05) is 23.2 Å². The number of rotatable bonds is 8. The summed E-state index contributed by atoms with van der Waals surface area (Å²) < 4.78 is 5.55. The van der Waals surface area contributed by atoms with E-state index >= 15 is 0 Å². The highest BCUT2D eigenvalue weighted by molar-refractivity contribution is 7.99. The second-order valence-corrected chi connectivity index (χ2v) is 5.99. The van der Waals surface area contributed by atoms with E-state index in [4.69, 9.17) is 27.9 Å². The first kappa shape index (κ1) is 17.5. The number of thioether (sulfide) groups is 1. The summed E-state index contributed by atoms with van der Waals surface area (Å²) in [4.78, 5) is 13.6. The summed E-state index contributed by atoms with van der Waals surface area (Å²) in [5.41, 5.74) is 0. The van der Waals surface area contributed by atoms with Crippen molar-refractivity contribution in [1.29, 1.82) is 0 Å². The van der Waals surface area contributed by atoms with Crippen molar-refractivity contribution in [1.82, 2.24) is 4.90 Å². The van der Waals surface area contributed by atoms with Crippen molar-refractivity contribution in [2.24, 2.45) is 0 Å². The molecule has 20 heavy (non-hydrogen) atoms. The SMILES string of the molecule is CCN(CC)C(=O)CSCCOc1cc(Cl)ccc1Cl. The molecule has 0 atom stereocenters. The van der Waals surface area contributed by atoms with Crippen molar-refractivity contribution in [2.45, 2.75) is 13.8 Å². The topological polar surface area (TPSA) is 29.5 Å². The summed E-state index contributed by atoms with van der Waals surface area (Å²) in [6.45, 7) is 5.97. The second kappa shape index (κ2) is 9.37. The molecule has 0 aliphatic carbocycles. The van der Waals surface area contributed by atoms with Crippen LogP contribution < -0.4 is 4.74 Å². The molecule has 3 nitrogen and oxygen atoms in total. The van der Waals surface area contributed by atoms with E-state index < -0.39 is 0 Å². The molecule has 0 unspecified atom stereocenters. The average molecular weight is 336 g/mol. The number of nitrogens with zero attached hydrogens (tertiary/aromatic N) is 1. The summed E-state index contributed by atoms with van der Waals surface area (Å²) in [7, 11) is 0. The van der Waals surface area contributed by atoms with Gasteiger partial charge >= 0.3 is 0 Å². The van der Waals surface area contributed by atoms with Crippen LogP contribution in [-0.2, 0) is 4.79 Å². The van der Waals surface area contributed by atoms with Gasteiger partial charge in [0.15, 0.2) is 0 Å². The molecule has 1 amide bonds. The van der Waals surface area contributed by atoms with Crippen LogP contribution in [-0.4, -0.2) is 42.0 Å². The summed E-state index contributed by atoms with van der Waals surface area (Å²) in [5, 5.41) is 1.13. The van der Waals surface area contributed by atoms with Gasteiger partial charge in [-0.2, -0.15) is 0 Å². The molecular weight excluding hydrogens is 317 g/mol. The van der Waals surface area contributed by atoms with Crippen LogP contribution >= 0.6 is 35.0 Å². The van der Waals surface area contributed by atoms with E-state index in [2.05, 4.69) is 0 Å². The predicted octanol–water partition coefficient (Wildman–Crippen LogP) is 3.97. The van der Waals surface area contributed by atoms with Crippen LogP contribution in [0.4, 0.5) is 0 Å². The van der Waals surface area contributed by atoms with Crippen molar-refractivity contribution in [3.63, 3.8) is 0 Å². The van der Waals surface area contributed by atoms with Gasteiger partial charge in [-0.25, -0.2) is 0 Å². The molecule has 0 saturated heterocycles. The zero-order valence-electron chi connectivity index (χ0n) is 11.7. The maximum absolute atomic E-state index is 11.8. The number of hydrogen-bond donors (Lipinski definition) is 0. The zero-order chi connectivity index (χ0) is 15.0. The zero-order valence-corrected chi connectivity index (χ0v) is 14.0. The maximum Gasteiger partial charge on any atom is 0.232 e. The smallest absolute Gasteiger partial charge is 0.232 e. The van der Waals surface area contributed by atoms with E-state index in [-0.39, 0.29) is 5.91 Å². The Hall–Kier alpha value is -0.580. The normalized spacial score (nSPS) is 10.4. The van der Waals surface area contributed by atoms with E-state index in [0.29, 0.717) is 28.2 Å². The Bertz CT molecular complexity index is 439. The molecule has 0 N–H and O–H groups in total. The molecule has 1 rings (SSSR count). The molecule has 0 bridgehead atoms.